The molecule has 2 aromatic carbocycles. The third kappa shape index (κ3) is 4.86. The van der Waals surface area contributed by atoms with Crippen molar-refractivity contribution < 1.29 is 27.2 Å². The third-order valence-corrected chi connectivity index (χ3v) is 6.21. The second-order valence-corrected chi connectivity index (χ2v) is 9.11. The highest BCUT2D eigenvalue weighted by Crippen LogP contribution is 2.32. The first-order chi connectivity index (χ1) is 15.3. The number of hydrogen-bond donors (Lipinski definition) is 1. The zero-order chi connectivity index (χ0) is 22.7. The second kappa shape index (κ2) is 8.91. The summed E-state index contributed by atoms with van der Waals surface area (Å²) in [5, 5.41) is 3.88. The van der Waals surface area contributed by atoms with Crippen molar-refractivity contribution in [1.29, 1.82) is 0 Å². The van der Waals surface area contributed by atoms with Crippen LogP contribution in [-0.2, 0) is 16.6 Å². The average Bonchev–Trinajstić information content (AvgIpc) is 3.03. The van der Waals surface area contributed by atoms with Gasteiger partial charge in [-0.05, 0) is 43.3 Å². The summed E-state index contributed by atoms with van der Waals surface area (Å²) in [5.74, 6) is 1.37. The molecule has 0 spiro atoms. The van der Waals surface area contributed by atoms with Gasteiger partial charge in [-0.3, -0.25) is 9.52 Å². The summed E-state index contributed by atoms with van der Waals surface area (Å²) in [6.45, 7) is 3.07. The molecule has 1 aliphatic heterocycles. The van der Waals surface area contributed by atoms with E-state index >= 15 is 0 Å². The van der Waals surface area contributed by atoms with E-state index in [4.69, 9.17) is 14.0 Å². The Kier molecular flexibility index (Phi) is 6.04. The highest BCUT2D eigenvalue weighted by atomic mass is 32.2. The van der Waals surface area contributed by atoms with Crippen molar-refractivity contribution in [3.05, 3.63) is 65.5 Å². The number of carbonyl (C=O) groups excluding carboxylic acids is 1. The first-order valence-corrected chi connectivity index (χ1v) is 11.5. The van der Waals surface area contributed by atoms with Gasteiger partial charge >= 0.3 is 0 Å². The van der Waals surface area contributed by atoms with E-state index in [-0.39, 0.29) is 10.8 Å². The van der Waals surface area contributed by atoms with Crippen molar-refractivity contribution in [1.82, 2.24) is 10.1 Å². The summed E-state index contributed by atoms with van der Waals surface area (Å²) in [6, 6.07) is 12.5. The molecule has 0 fully saturated rings. The molecule has 0 bridgehead atoms. The number of rotatable bonds is 6. The van der Waals surface area contributed by atoms with Crippen molar-refractivity contribution in [2.75, 3.05) is 25.0 Å². The smallest absolute Gasteiger partial charge is 0.262 e. The molecule has 1 aromatic heterocycles. The number of amides is 1. The minimum absolute atomic E-state index is 0.0598. The number of ether oxygens (including phenoxy) is 2. The maximum atomic E-state index is 12.8. The van der Waals surface area contributed by atoms with Crippen molar-refractivity contribution in [3.8, 4) is 11.5 Å². The van der Waals surface area contributed by atoms with Crippen LogP contribution in [0, 0.1) is 6.92 Å². The molecule has 10 heteroatoms. The predicted octanol–water partition coefficient (Wildman–Crippen LogP) is 3.22. The summed E-state index contributed by atoms with van der Waals surface area (Å²) in [7, 11) is -2.19. The third-order valence-electron chi connectivity index (χ3n) is 4.84. The molecular weight excluding hydrogens is 434 g/mol. The first-order valence-electron chi connectivity index (χ1n) is 10.0. The van der Waals surface area contributed by atoms with Crippen LogP contribution in [0.2, 0.25) is 0 Å². The van der Waals surface area contributed by atoms with Crippen molar-refractivity contribution in [2.45, 2.75) is 24.8 Å². The molecule has 0 saturated carbocycles. The number of anilines is 1. The maximum Gasteiger partial charge on any atom is 0.262 e. The summed E-state index contributed by atoms with van der Waals surface area (Å²) in [4.78, 5) is 14.2. The summed E-state index contributed by atoms with van der Waals surface area (Å²) in [5.41, 5.74) is 1.41. The van der Waals surface area contributed by atoms with Gasteiger partial charge in [0.2, 0.25) is 0 Å². The zero-order valence-corrected chi connectivity index (χ0v) is 18.5. The Labute approximate surface area is 186 Å². The zero-order valence-electron chi connectivity index (χ0n) is 17.7. The molecule has 1 amide bonds. The van der Waals surface area contributed by atoms with E-state index in [1.54, 1.807) is 50.4 Å². The molecule has 1 N–H and O–H groups in total. The van der Waals surface area contributed by atoms with Gasteiger partial charge in [0.1, 0.15) is 11.5 Å². The molecule has 168 valence electrons. The van der Waals surface area contributed by atoms with Crippen molar-refractivity contribution in [2.24, 2.45) is 0 Å². The predicted molar refractivity (Wildman–Crippen MR) is 116 cm³/mol. The minimum Gasteiger partial charge on any atom is -0.490 e. The minimum atomic E-state index is -3.85. The normalized spacial score (nSPS) is 13.3. The molecular formula is C22H23N3O6S. The van der Waals surface area contributed by atoms with Crippen LogP contribution in [0.4, 0.5) is 5.69 Å². The fourth-order valence-corrected chi connectivity index (χ4v) is 4.31. The summed E-state index contributed by atoms with van der Waals surface area (Å²) < 4.78 is 44.3. The Morgan fingerprint density at radius 3 is 2.47 bits per heavy atom. The second-order valence-electron chi connectivity index (χ2n) is 7.43. The first kappa shape index (κ1) is 21.7. The van der Waals surface area contributed by atoms with Gasteiger partial charge in [0.25, 0.3) is 15.9 Å². The van der Waals surface area contributed by atoms with Gasteiger partial charge in [-0.1, -0.05) is 5.16 Å². The maximum absolute atomic E-state index is 12.8. The fourth-order valence-electron chi connectivity index (χ4n) is 3.23. The van der Waals surface area contributed by atoms with Gasteiger partial charge in [-0.2, -0.15) is 0 Å². The van der Waals surface area contributed by atoms with Crippen LogP contribution in [0.1, 0.15) is 28.2 Å². The van der Waals surface area contributed by atoms with E-state index < -0.39 is 10.0 Å². The van der Waals surface area contributed by atoms with Gasteiger partial charge in [-0.15, -0.1) is 0 Å². The molecule has 0 unspecified atom stereocenters. The number of aromatic nitrogens is 1. The van der Waals surface area contributed by atoms with Gasteiger partial charge in [-0.25, -0.2) is 8.42 Å². The van der Waals surface area contributed by atoms with E-state index in [1.165, 1.54) is 17.0 Å². The Balaban J connectivity index is 1.44. The Morgan fingerprint density at radius 2 is 1.78 bits per heavy atom. The van der Waals surface area contributed by atoms with Crippen LogP contribution >= 0.6 is 0 Å². The van der Waals surface area contributed by atoms with E-state index in [9.17, 15) is 13.2 Å². The molecule has 4 rings (SSSR count). The highest BCUT2D eigenvalue weighted by molar-refractivity contribution is 7.92. The number of nitrogens with one attached hydrogen (secondary N) is 1. The van der Waals surface area contributed by atoms with E-state index in [2.05, 4.69) is 9.88 Å². The number of carbonyl (C=O) groups is 1. The summed E-state index contributed by atoms with van der Waals surface area (Å²) >= 11 is 0. The molecule has 2 heterocycles. The number of fused-ring (bicyclic) bond motifs is 1. The molecule has 0 radical (unpaired) electrons. The van der Waals surface area contributed by atoms with Crippen LogP contribution in [0.25, 0.3) is 0 Å². The van der Waals surface area contributed by atoms with Crippen molar-refractivity contribution in [3.63, 3.8) is 0 Å². The van der Waals surface area contributed by atoms with Crippen LogP contribution in [0.5, 0.6) is 11.5 Å². The quantitative estimate of drug-likeness (QED) is 0.605. The van der Waals surface area contributed by atoms with Crippen LogP contribution in [0.3, 0.4) is 0 Å². The molecule has 1 aliphatic rings. The number of aryl methyl sites for hydroxylation is 1. The largest absolute Gasteiger partial charge is 0.490 e. The molecule has 9 nitrogen and oxygen atoms in total. The van der Waals surface area contributed by atoms with Gasteiger partial charge in [0.05, 0.1) is 24.7 Å². The number of hydrogen-bond acceptors (Lipinski definition) is 7. The Morgan fingerprint density at radius 1 is 1.06 bits per heavy atom. The van der Waals surface area contributed by atoms with Gasteiger partial charge < -0.3 is 18.9 Å². The summed E-state index contributed by atoms with van der Waals surface area (Å²) in [6.07, 6.45) is 0.730. The SMILES string of the molecule is Cc1cc(CN(C)C(=O)c2ccc(NS(=O)(=O)c3ccc4c(c3)OCCCO4)cc2)no1. The number of sulfonamides is 1. The standard InChI is InChI=1S/C22H23N3O6S/c1-15-12-18(23-31-15)14-25(2)22(26)16-4-6-17(7-5-16)24-32(27,28)19-8-9-20-21(13-19)30-11-3-10-29-20/h4-9,12-13,24H,3,10-11,14H2,1-2H3. The highest BCUT2D eigenvalue weighted by Gasteiger charge is 2.20. The average molecular weight is 458 g/mol. The molecule has 3 aromatic rings. The van der Waals surface area contributed by atoms with E-state index in [0.29, 0.717) is 54.0 Å². The fraction of sp³-hybridized carbons (Fsp3) is 0.273. The molecule has 0 aliphatic carbocycles. The van der Waals surface area contributed by atoms with Crippen LogP contribution in [0.15, 0.2) is 57.9 Å². The molecule has 0 atom stereocenters. The van der Waals surface area contributed by atoms with Gasteiger partial charge in [0, 0.05) is 36.9 Å². The molecule has 32 heavy (non-hydrogen) atoms. The topological polar surface area (TPSA) is 111 Å². The van der Waals surface area contributed by atoms with E-state index in [1.807, 2.05) is 0 Å². The lowest BCUT2D eigenvalue weighted by molar-refractivity contribution is 0.0782. The number of nitrogens with zero attached hydrogens (tertiary/aromatic N) is 2. The van der Waals surface area contributed by atoms with E-state index in [0.717, 1.165) is 6.42 Å². The van der Waals surface area contributed by atoms with Crippen molar-refractivity contribution >= 4 is 21.6 Å². The number of benzene rings is 2. The lowest BCUT2D eigenvalue weighted by Gasteiger charge is -2.16. The Bertz CT molecular complexity index is 1220. The lowest BCUT2D eigenvalue weighted by atomic mass is 10.2. The Hall–Kier alpha value is -3.53. The lowest BCUT2D eigenvalue weighted by Crippen LogP contribution is -2.26. The van der Waals surface area contributed by atoms with Crippen LogP contribution < -0.4 is 14.2 Å². The monoisotopic (exact) mass is 457 g/mol. The van der Waals surface area contributed by atoms with Crippen LogP contribution in [-0.4, -0.2) is 44.6 Å². The van der Waals surface area contributed by atoms with Gasteiger partial charge in [0.15, 0.2) is 11.5 Å². The molecule has 0 saturated heterocycles.